The molecule has 0 unspecified atom stereocenters. The van der Waals surface area contributed by atoms with Gasteiger partial charge < -0.3 is 5.32 Å². The molecule has 0 bridgehead atoms. The minimum absolute atomic E-state index is 0.0677. The second-order valence-electron chi connectivity index (χ2n) is 5.56. The van der Waals surface area contributed by atoms with Crippen molar-refractivity contribution in [1.29, 1.82) is 0 Å². The second kappa shape index (κ2) is 6.76. The number of benzene rings is 2. The lowest BCUT2D eigenvalue weighted by Crippen LogP contribution is -2.13. The molecule has 0 atom stereocenters. The van der Waals surface area contributed by atoms with Crippen LogP contribution < -0.4 is 5.32 Å². The van der Waals surface area contributed by atoms with Gasteiger partial charge in [0.2, 0.25) is 0 Å². The van der Waals surface area contributed by atoms with Crippen molar-refractivity contribution in [2.75, 3.05) is 5.32 Å². The van der Waals surface area contributed by atoms with Gasteiger partial charge in [0.05, 0.1) is 5.56 Å². The molecule has 2 aromatic carbocycles. The molecule has 0 spiro atoms. The highest BCUT2D eigenvalue weighted by atomic mass is 79.9. The molecule has 0 saturated heterocycles. The molecule has 0 aliphatic carbocycles. The molecule has 0 radical (unpaired) electrons. The number of nitrogens with zero attached hydrogens (tertiary/aromatic N) is 2. The van der Waals surface area contributed by atoms with Gasteiger partial charge >= 0.3 is 0 Å². The summed E-state index contributed by atoms with van der Waals surface area (Å²) in [5.41, 5.74) is 1.93. The fraction of sp³-hybridized carbons (Fsp3) is 0.111. The van der Waals surface area contributed by atoms with E-state index in [0.717, 1.165) is 22.2 Å². The summed E-state index contributed by atoms with van der Waals surface area (Å²) in [5.74, 6) is -1.88. The van der Waals surface area contributed by atoms with Crippen LogP contribution in [0.5, 0.6) is 0 Å². The first-order chi connectivity index (χ1) is 11.9. The minimum Gasteiger partial charge on any atom is -0.322 e. The van der Waals surface area contributed by atoms with Crippen LogP contribution in [0.1, 0.15) is 15.9 Å². The molecule has 3 aromatic rings. The van der Waals surface area contributed by atoms with Gasteiger partial charge in [0.1, 0.15) is 17.3 Å². The number of halogens is 3. The Kier molecular flexibility index (Phi) is 4.67. The second-order valence-corrected chi connectivity index (χ2v) is 6.41. The first-order valence-electron chi connectivity index (χ1n) is 7.42. The minimum atomic E-state index is -0.772. The number of carbonyl (C=O) groups excluding carboxylic acids is 1. The Morgan fingerprint density at radius 1 is 1.24 bits per heavy atom. The molecular formula is C18H14BrF2N3O. The molecule has 4 nitrogen and oxygen atoms in total. The summed E-state index contributed by atoms with van der Waals surface area (Å²) in [7, 11) is 1.63. The van der Waals surface area contributed by atoms with Gasteiger partial charge in [0.25, 0.3) is 5.91 Å². The number of carbonyl (C=O) groups is 1. The quantitative estimate of drug-likeness (QED) is 0.686. The van der Waals surface area contributed by atoms with Crippen molar-refractivity contribution >= 4 is 27.5 Å². The Morgan fingerprint density at radius 3 is 2.72 bits per heavy atom. The molecule has 0 aliphatic rings. The van der Waals surface area contributed by atoms with Crippen LogP contribution in [-0.2, 0) is 7.05 Å². The molecule has 1 aromatic heterocycles. The summed E-state index contributed by atoms with van der Waals surface area (Å²) >= 11 is 3.41. The summed E-state index contributed by atoms with van der Waals surface area (Å²) in [4.78, 5) is 12.7. The van der Waals surface area contributed by atoms with Gasteiger partial charge in [-0.1, -0.05) is 22.0 Å². The zero-order chi connectivity index (χ0) is 18.1. The van der Waals surface area contributed by atoms with E-state index in [0.29, 0.717) is 5.69 Å². The maximum atomic E-state index is 14.1. The van der Waals surface area contributed by atoms with Crippen LogP contribution in [0.3, 0.4) is 0 Å². The van der Waals surface area contributed by atoms with E-state index in [-0.39, 0.29) is 16.8 Å². The number of hydrogen-bond acceptors (Lipinski definition) is 2. The third kappa shape index (κ3) is 3.46. The number of amides is 1. The van der Waals surface area contributed by atoms with E-state index in [1.165, 1.54) is 16.9 Å². The molecule has 1 N–H and O–H groups in total. The molecule has 1 amide bonds. The molecule has 0 saturated carbocycles. The summed E-state index contributed by atoms with van der Waals surface area (Å²) < 4.78 is 29.5. The van der Waals surface area contributed by atoms with Crippen molar-refractivity contribution in [1.82, 2.24) is 9.78 Å². The van der Waals surface area contributed by atoms with Crippen molar-refractivity contribution in [3.63, 3.8) is 0 Å². The average Bonchev–Trinajstić information content (AvgIpc) is 2.93. The lowest BCUT2D eigenvalue weighted by Gasteiger charge is -2.10. The van der Waals surface area contributed by atoms with E-state index < -0.39 is 17.5 Å². The summed E-state index contributed by atoms with van der Waals surface area (Å²) in [6.45, 7) is 1.86. The van der Waals surface area contributed by atoms with Gasteiger partial charge in [-0.25, -0.2) is 8.78 Å². The van der Waals surface area contributed by atoms with E-state index in [4.69, 9.17) is 0 Å². The maximum absolute atomic E-state index is 14.1. The summed E-state index contributed by atoms with van der Waals surface area (Å²) in [5, 5.41) is 6.96. The number of hydrogen-bond donors (Lipinski definition) is 1. The Morgan fingerprint density at radius 2 is 2.00 bits per heavy atom. The van der Waals surface area contributed by atoms with Crippen LogP contribution in [0.2, 0.25) is 0 Å². The van der Waals surface area contributed by atoms with Gasteiger partial charge in [-0.05, 0) is 36.8 Å². The van der Waals surface area contributed by atoms with E-state index in [2.05, 4.69) is 26.3 Å². The van der Waals surface area contributed by atoms with E-state index in [1.54, 1.807) is 19.2 Å². The van der Waals surface area contributed by atoms with E-state index in [9.17, 15) is 13.6 Å². The van der Waals surface area contributed by atoms with Crippen LogP contribution in [-0.4, -0.2) is 15.7 Å². The Labute approximate surface area is 151 Å². The predicted molar refractivity (Wildman–Crippen MR) is 95.4 cm³/mol. The highest BCUT2D eigenvalue weighted by molar-refractivity contribution is 9.10. The molecule has 1 heterocycles. The van der Waals surface area contributed by atoms with Gasteiger partial charge in [-0.3, -0.25) is 9.48 Å². The third-order valence-electron chi connectivity index (χ3n) is 3.78. The summed E-state index contributed by atoms with van der Waals surface area (Å²) in [6.07, 6.45) is 1.50. The Hall–Kier alpha value is -2.54. The first-order valence-corrected chi connectivity index (χ1v) is 8.21. The van der Waals surface area contributed by atoms with Crippen LogP contribution in [0, 0.1) is 18.6 Å². The summed E-state index contributed by atoms with van der Waals surface area (Å²) in [6, 6.07) is 8.61. The third-order valence-corrected chi connectivity index (χ3v) is 4.63. The molecule has 0 fully saturated rings. The molecule has 3 rings (SSSR count). The highest BCUT2D eigenvalue weighted by Crippen LogP contribution is 2.28. The largest absolute Gasteiger partial charge is 0.322 e. The predicted octanol–water partition coefficient (Wildman–Crippen LogP) is 4.69. The zero-order valence-corrected chi connectivity index (χ0v) is 15.1. The number of rotatable bonds is 3. The van der Waals surface area contributed by atoms with Gasteiger partial charge in [0, 0.05) is 35.0 Å². The molecule has 7 heteroatoms. The molecular weight excluding hydrogens is 392 g/mol. The van der Waals surface area contributed by atoms with E-state index in [1.807, 2.05) is 13.0 Å². The van der Waals surface area contributed by atoms with Crippen LogP contribution in [0.4, 0.5) is 14.5 Å². The number of aryl methyl sites for hydroxylation is 1. The van der Waals surface area contributed by atoms with Gasteiger partial charge in [-0.2, -0.15) is 5.10 Å². The molecule has 25 heavy (non-hydrogen) atoms. The lowest BCUT2D eigenvalue weighted by molar-refractivity contribution is 0.102. The van der Waals surface area contributed by atoms with Crippen LogP contribution in [0.15, 0.2) is 47.1 Å². The zero-order valence-electron chi connectivity index (χ0n) is 13.5. The van der Waals surface area contributed by atoms with Crippen LogP contribution in [0.25, 0.3) is 11.3 Å². The first kappa shape index (κ1) is 17.3. The fourth-order valence-electron chi connectivity index (χ4n) is 2.47. The molecule has 0 aliphatic heterocycles. The van der Waals surface area contributed by atoms with Crippen molar-refractivity contribution < 1.29 is 13.6 Å². The monoisotopic (exact) mass is 405 g/mol. The molecule has 128 valence electrons. The topological polar surface area (TPSA) is 46.9 Å². The van der Waals surface area contributed by atoms with Gasteiger partial charge in [-0.15, -0.1) is 0 Å². The van der Waals surface area contributed by atoms with Crippen molar-refractivity contribution in [3.05, 3.63) is 69.8 Å². The Bertz CT molecular complexity index is 969. The van der Waals surface area contributed by atoms with E-state index >= 15 is 0 Å². The standard InChI is InChI=1S/C18H14BrF2N3O/c1-10-14(19)4-3-5-16(10)22-18(25)13-9-24(2)23-17(13)12-7-6-11(20)8-15(12)21/h3-9H,1-2H3,(H,22,25). The highest BCUT2D eigenvalue weighted by Gasteiger charge is 2.20. The smallest absolute Gasteiger partial charge is 0.259 e. The van der Waals surface area contributed by atoms with Crippen LogP contribution >= 0.6 is 15.9 Å². The number of nitrogens with one attached hydrogen (secondary N) is 1. The van der Waals surface area contributed by atoms with Crippen molar-refractivity contribution in [3.8, 4) is 11.3 Å². The average molecular weight is 406 g/mol. The maximum Gasteiger partial charge on any atom is 0.259 e. The number of aromatic nitrogens is 2. The lowest BCUT2D eigenvalue weighted by atomic mass is 10.1. The fourth-order valence-corrected chi connectivity index (χ4v) is 2.83. The Balaban J connectivity index is 2.00. The van der Waals surface area contributed by atoms with Crippen molar-refractivity contribution in [2.24, 2.45) is 7.05 Å². The SMILES string of the molecule is Cc1c(Br)cccc1NC(=O)c1cn(C)nc1-c1ccc(F)cc1F. The normalized spacial score (nSPS) is 10.8. The number of anilines is 1. The van der Waals surface area contributed by atoms with Gasteiger partial charge in [0.15, 0.2) is 0 Å². The van der Waals surface area contributed by atoms with Crippen molar-refractivity contribution in [2.45, 2.75) is 6.92 Å².